The van der Waals surface area contributed by atoms with Gasteiger partial charge in [0.1, 0.15) is 6.79 Å². The molecule has 2 rings (SSSR count). The summed E-state index contributed by atoms with van der Waals surface area (Å²) in [7, 11) is 0. The second-order valence-corrected chi connectivity index (χ2v) is 6.94. The van der Waals surface area contributed by atoms with Crippen LogP contribution in [-0.4, -0.2) is 18.5 Å². The third-order valence-electron chi connectivity index (χ3n) is 4.86. The van der Waals surface area contributed by atoms with Gasteiger partial charge in [0.25, 0.3) is 0 Å². The Hall–Kier alpha value is -0.0800. The summed E-state index contributed by atoms with van der Waals surface area (Å²) in [6, 6.07) is 0. The van der Waals surface area contributed by atoms with Crippen molar-refractivity contribution in [2.45, 2.75) is 83.8 Å². The van der Waals surface area contributed by atoms with Gasteiger partial charge in [-0.15, -0.1) is 0 Å². The molecule has 2 aliphatic rings. The number of ether oxygens (including phenoxy) is 2. The van der Waals surface area contributed by atoms with Crippen LogP contribution in [0.2, 0.25) is 0 Å². The van der Waals surface area contributed by atoms with Crippen molar-refractivity contribution in [2.75, 3.05) is 6.79 Å². The molecule has 2 fully saturated rings. The Morgan fingerprint density at radius 1 is 1.17 bits per heavy atom. The van der Waals surface area contributed by atoms with Crippen molar-refractivity contribution in [3.05, 3.63) is 0 Å². The van der Waals surface area contributed by atoms with Gasteiger partial charge >= 0.3 is 0 Å². The fourth-order valence-corrected chi connectivity index (χ4v) is 3.54. The predicted octanol–water partition coefficient (Wildman–Crippen LogP) is 4.52. The summed E-state index contributed by atoms with van der Waals surface area (Å²) in [5.74, 6) is 1.84. The topological polar surface area (TPSA) is 18.5 Å². The van der Waals surface area contributed by atoms with Gasteiger partial charge in [-0.05, 0) is 44.9 Å². The summed E-state index contributed by atoms with van der Waals surface area (Å²) >= 11 is 0. The number of hydrogen-bond donors (Lipinski definition) is 0. The highest BCUT2D eigenvalue weighted by Gasteiger charge is 2.36. The van der Waals surface area contributed by atoms with Crippen LogP contribution in [0.3, 0.4) is 0 Å². The zero-order valence-corrected chi connectivity index (χ0v) is 12.4. The highest BCUT2D eigenvalue weighted by Crippen LogP contribution is 2.33. The van der Waals surface area contributed by atoms with E-state index in [1.165, 1.54) is 44.9 Å². The van der Waals surface area contributed by atoms with Crippen molar-refractivity contribution in [3.63, 3.8) is 0 Å². The van der Waals surface area contributed by atoms with Gasteiger partial charge in [-0.2, -0.15) is 0 Å². The van der Waals surface area contributed by atoms with Crippen molar-refractivity contribution in [1.82, 2.24) is 0 Å². The molecule has 0 bridgehead atoms. The molecule has 106 valence electrons. The fraction of sp³-hybridized carbons (Fsp3) is 1.00. The van der Waals surface area contributed by atoms with Crippen LogP contribution < -0.4 is 0 Å². The van der Waals surface area contributed by atoms with E-state index >= 15 is 0 Å². The summed E-state index contributed by atoms with van der Waals surface area (Å²) in [5, 5.41) is 0. The maximum absolute atomic E-state index is 5.69. The summed E-state index contributed by atoms with van der Waals surface area (Å²) in [4.78, 5) is 0. The molecule has 2 atom stereocenters. The van der Waals surface area contributed by atoms with Crippen LogP contribution in [0.5, 0.6) is 0 Å². The van der Waals surface area contributed by atoms with E-state index in [-0.39, 0.29) is 5.60 Å². The Kier molecular flexibility index (Phi) is 5.08. The van der Waals surface area contributed by atoms with Gasteiger partial charge in [-0.25, -0.2) is 0 Å². The number of hydrogen-bond acceptors (Lipinski definition) is 2. The molecule has 1 saturated heterocycles. The smallest absolute Gasteiger partial charge is 0.148 e. The molecule has 0 aromatic heterocycles. The lowest BCUT2D eigenvalue weighted by Gasteiger charge is -2.27. The third-order valence-corrected chi connectivity index (χ3v) is 4.86. The molecular formula is C16H30O2. The van der Waals surface area contributed by atoms with E-state index in [2.05, 4.69) is 20.8 Å². The number of rotatable bonds is 5. The summed E-state index contributed by atoms with van der Waals surface area (Å²) in [6.07, 6.45) is 11.5. The van der Waals surface area contributed by atoms with Crippen LogP contribution in [-0.2, 0) is 9.47 Å². The van der Waals surface area contributed by atoms with Gasteiger partial charge in [0, 0.05) is 0 Å². The second kappa shape index (κ2) is 6.38. The summed E-state index contributed by atoms with van der Waals surface area (Å²) in [6.45, 7) is 7.19. The summed E-state index contributed by atoms with van der Waals surface area (Å²) < 4.78 is 11.3. The van der Waals surface area contributed by atoms with Crippen LogP contribution in [0.1, 0.15) is 72.1 Å². The van der Waals surface area contributed by atoms with E-state index in [4.69, 9.17) is 9.47 Å². The van der Waals surface area contributed by atoms with Crippen molar-refractivity contribution in [1.29, 1.82) is 0 Å². The average Bonchev–Trinajstić information content (AvgIpc) is 2.67. The van der Waals surface area contributed by atoms with Crippen molar-refractivity contribution in [2.24, 2.45) is 11.8 Å². The summed E-state index contributed by atoms with van der Waals surface area (Å²) in [5.41, 5.74) is -0.0788. The molecule has 1 aliphatic heterocycles. The standard InChI is InChI=1S/C16H30O2/c1-13(11-14-7-5-4-6-8-14)9-10-15-16(2,3)18-12-17-15/h13-15H,4-12H2,1-3H3/t13-,15+/m1/s1. The molecule has 0 spiro atoms. The Bertz CT molecular complexity index is 243. The van der Waals surface area contributed by atoms with Gasteiger partial charge in [0.2, 0.25) is 0 Å². The minimum absolute atomic E-state index is 0.0788. The molecule has 0 unspecified atom stereocenters. The Morgan fingerprint density at radius 3 is 2.50 bits per heavy atom. The predicted molar refractivity (Wildman–Crippen MR) is 74.5 cm³/mol. The first-order valence-corrected chi connectivity index (χ1v) is 7.83. The van der Waals surface area contributed by atoms with Crippen molar-refractivity contribution in [3.8, 4) is 0 Å². The minimum Gasteiger partial charge on any atom is -0.349 e. The van der Waals surface area contributed by atoms with Crippen LogP contribution in [0, 0.1) is 11.8 Å². The lowest BCUT2D eigenvalue weighted by atomic mass is 9.81. The molecule has 0 aromatic rings. The van der Waals surface area contributed by atoms with E-state index in [9.17, 15) is 0 Å². The van der Waals surface area contributed by atoms with Gasteiger partial charge in [0.05, 0.1) is 11.7 Å². The SMILES string of the molecule is C[C@H](CC[C@@H]1OCOC1(C)C)CC1CCCCC1. The molecule has 1 aliphatic carbocycles. The maximum atomic E-state index is 5.69. The largest absolute Gasteiger partial charge is 0.349 e. The van der Waals surface area contributed by atoms with Gasteiger partial charge in [-0.1, -0.05) is 39.0 Å². The minimum atomic E-state index is -0.0788. The lowest BCUT2D eigenvalue weighted by Crippen LogP contribution is -2.33. The first-order chi connectivity index (χ1) is 8.58. The average molecular weight is 254 g/mol. The monoisotopic (exact) mass is 254 g/mol. The molecule has 0 amide bonds. The van der Waals surface area contributed by atoms with E-state index in [0.29, 0.717) is 12.9 Å². The molecule has 18 heavy (non-hydrogen) atoms. The zero-order valence-electron chi connectivity index (χ0n) is 12.4. The molecule has 0 N–H and O–H groups in total. The first-order valence-electron chi connectivity index (χ1n) is 7.83. The zero-order chi connectivity index (χ0) is 13.0. The normalized spacial score (nSPS) is 30.5. The third kappa shape index (κ3) is 3.96. The van der Waals surface area contributed by atoms with Crippen molar-refractivity contribution >= 4 is 0 Å². The Morgan fingerprint density at radius 2 is 1.89 bits per heavy atom. The van der Waals surface area contributed by atoms with E-state index in [0.717, 1.165) is 18.3 Å². The van der Waals surface area contributed by atoms with Crippen molar-refractivity contribution < 1.29 is 9.47 Å². The second-order valence-electron chi connectivity index (χ2n) is 6.94. The highest BCUT2D eigenvalue weighted by molar-refractivity contribution is 4.84. The molecule has 0 radical (unpaired) electrons. The van der Waals surface area contributed by atoms with Gasteiger partial charge in [0.15, 0.2) is 0 Å². The van der Waals surface area contributed by atoms with E-state index < -0.39 is 0 Å². The molecule has 1 heterocycles. The first kappa shape index (κ1) is 14.3. The van der Waals surface area contributed by atoms with E-state index in [1.807, 2.05) is 0 Å². The van der Waals surface area contributed by atoms with Crippen LogP contribution >= 0.6 is 0 Å². The van der Waals surface area contributed by atoms with E-state index in [1.54, 1.807) is 0 Å². The lowest BCUT2D eigenvalue weighted by molar-refractivity contribution is 0.0121. The van der Waals surface area contributed by atoms with Gasteiger partial charge in [-0.3, -0.25) is 0 Å². The Balaban J connectivity index is 1.66. The van der Waals surface area contributed by atoms with Crippen LogP contribution in [0.25, 0.3) is 0 Å². The fourth-order valence-electron chi connectivity index (χ4n) is 3.54. The molecule has 2 nitrogen and oxygen atoms in total. The van der Waals surface area contributed by atoms with Gasteiger partial charge < -0.3 is 9.47 Å². The molecule has 1 saturated carbocycles. The van der Waals surface area contributed by atoms with Crippen LogP contribution in [0.15, 0.2) is 0 Å². The maximum Gasteiger partial charge on any atom is 0.148 e. The van der Waals surface area contributed by atoms with Crippen LogP contribution in [0.4, 0.5) is 0 Å². The quantitative estimate of drug-likeness (QED) is 0.718. The Labute approximate surface area is 112 Å². The highest BCUT2D eigenvalue weighted by atomic mass is 16.7. The molecule has 0 aromatic carbocycles. The molecular weight excluding hydrogens is 224 g/mol. The molecule has 2 heteroatoms.